The van der Waals surface area contributed by atoms with Crippen molar-refractivity contribution < 1.29 is 0 Å². The maximum Gasteiger partial charge on any atom is 0.143 e. The van der Waals surface area contributed by atoms with Crippen LogP contribution < -0.4 is 11.2 Å². The Bertz CT molecular complexity index is 174. The second-order valence-corrected chi connectivity index (χ2v) is 1.62. The molecule has 0 spiro atoms. The molecule has 0 saturated carbocycles. The lowest BCUT2D eigenvalue weighted by Gasteiger charge is -1.80. The maximum atomic E-state index is 5.30. The molecule has 0 aromatic carbocycles. The molecule has 4 heteroatoms. The van der Waals surface area contributed by atoms with Crippen LogP contribution in [-0.4, -0.2) is 25.7 Å². The van der Waals surface area contributed by atoms with Crippen LogP contribution in [0, 0.1) is 6.92 Å². The van der Waals surface area contributed by atoms with Crippen LogP contribution in [0.2, 0.25) is 0 Å². The van der Waals surface area contributed by atoms with Crippen molar-refractivity contribution in [1.29, 1.82) is 0 Å². The summed E-state index contributed by atoms with van der Waals surface area (Å²) in [5.41, 5.74) is 0.824. The molecule has 0 atom stereocenters. The molecule has 0 bridgehead atoms. The first-order valence-corrected chi connectivity index (χ1v) is 2.27. The number of imidazole rings is 1. The summed E-state index contributed by atoms with van der Waals surface area (Å²) in [5.74, 6) is 0.750. The molecule has 1 aromatic rings. The van der Waals surface area contributed by atoms with Crippen molar-refractivity contribution >= 4 is 26.9 Å². The summed E-state index contributed by atoms with van der Waals surface area (Å²) >= 11 is 0. The highest BCUT2D eigenvalue weighted by atomic mass is 14.9. The molecule has 0 fully saturated rings. The molecule has 36 valence electrons. The number of aryl methyl sites for hydroxylation is 1. The fourth-order valence-electron chi connectivity index (χ4n) is 0.528. The van der Waals surface area contributed by atoms with Crippen LogP contribution in [0.25, 0.3) is 0 Å². The second kappa shape index (κ2) is 1.69. The average Bonchev–Trinajstić information content (AvgIpc) is 1.85. The average molecular weight is 102 g/mol. The molecular weight excluding hydrogens is 97.7 g/mol. The van der Waals surface area contributed by atoms with E-state index >= 15 is 0 Å². The monoisotopic (exact) mass is 102 g/mol. The predicted molar refractivity (Wildman–Crippen MR) is 34.1 cm³/mol. The van der Waals surface area contributed by atoms with Gasteiger partial charge in [0.1, 0.15) is 21.5 Å². The number of aromatic nitrogens is 2. The quantitative estimate of drug-likeness (QED) is 0.388. The Morgan fingerprint density at radius 2 is 2.12 bits per heavy atom. The Balaban J connectivity index is 3.14. The van der Waals surface area contributed by atoms with Gasteiger partial charge in [0.05, 0.1) is 0 Å². The zero-order valence-corrected chi connectivity index (χ0v) is 4.60. The third-order valence-electron chi connectivity index (χ3n) is 0.880. The van der Waals surface area contributed by atoms with Crippen LogP contribution >= 0.6 is 0 Å². The fourth-order valence-corrected chi connectivity index (χ4v) is 0.528. The van der Waals surface area contributed by atoms with Gasteiger partial charge in [-0.05, 0) is 18.1 Å². The first-order valence-electron chi connectivity index (χ1n) is 2.27. The standard InChI is InChI=1S/C4H4B2N2/c1-2-7-3(5)4(6)8-2/h1H3,(H,7,8). The smallest absolute Gasteiger partial charge is 0.143 e. The van der Waals surface area contributed by atoms with Crippen molar-refractivity contribution in [2.24, 2.45) is 0 Å². The molecule has 0 saturated heterocycles. The van der Waals surface area contributed by atoms with Gasteiger partial charge in [-0.15, -0.1) is 0 Å². The molecule has 1 heterocycles. The van der Waals surface area contributed by atoms with Gasteiger partial charge in [-0.1, -0.05) is 0 Å². The fraction of sp³-hybridized carbons (Fsp3) is 0.250. The Hall–Kier alpha value is -0.660. The highest BCUT2D eigenvalue weighted by Gasteiger charge is 1.92. The molecule has 0 aliphatic carbocycles. The van der Waals surface area contributed by atoms with Crippen LogP contribution in [0.4, 0.5) is 0 Å². The minimum absolute atomic E-state index is 0.377. The van der Waals surface area contributed by atoms with Gasteiger partial charge in [0.15, 0.2) is 0 Å². The summed E-state index contributed by atoms with van der Waals surface area (Å²) in [6, 6.07) is 0. The molecule has 1 rings (SSSR count). The number of nitrogens with one attached hydrogen (secondary N) is 1. The molecule has 2 nitrogen and oxygen atoms in total. The normalized spacial score (nSPS) is 9.62. The minimum Gasteiger partial charge on any atom is -0.357 e. The van der Waals surface area contributed by atoms with Crippen molar-refractivity contribution in [2.45, 2.75) is 6.92 Å². The lowest BCUT2D eigenvalue weighted by atomic mass is 9.92. The van der Waals surface area contributed by atoms with E-state index in [-0.39, 0.29) is 0 Å². The van der Waals surface area contributed by atoms with Crippen molar-refractivity contribution in [1.82, 2.24) is 9.97 Å². The third-order valence-corrected chi connectivity index (χ3v) is 0.880. The van der Waals surface area contributed by atoms with Gasteiger partial charge < -0.3 is 4.98 Å². The zero-order chi connectivity index (χ0) is 6.15. The van der Waals surface area contributed by atoms with Crippen LogP contribution in [0.15, 0.2) is 0 Å². The first-order chi connectivity index (χ1) is 3.70. The number of aromatic amines is 1. The molecular formula is C4H4B2N2. The Labute approximate surface area is 50.5 Å². The lowest BCUT2D eigenvalue weighted by molar-refractivity contribution is 1.17. The summed E-state index contributed by atoms with van der Waals surface area (Å²) in [6.07, 6.45) is 0. The molecule has 1 N–H and O–H groups in total. The highest BCUT2D eigenvalue weighted by Crippen LogP contribution is 1.73. The van der Waals surface area contributed by atoms with E-state index in [0.29, 0.717) is 11.2 Å². The topological polar surface area (TPSA) is 28.7 Å². The predicted octanol–water partition coefficient (Wildman–Crippen LogP) is -1.69. The molecule has 1 aromatic heterocycles. The van der Waals surface area contributed by atoms with Crippen LogP contribution in [0.3, 0.4) is 0 Å². The Morgan fingerprint density at radius 1 is 1.50 bits per heavy atom. The van der Waals surface area contributed by atoms with Gasteiger partial charge in [-0.3, -0.25) is 4.98 Å². The molecule has 0 aliphatic rings. The largest absolute Gasteiger partial charge is 0.357 e. The Morgan fingerprint density at radius 3 is 2.25 bits per heavy atom. The highest BCUT2D eigenvalue weighted by molar-refractivity contribution is 6.46. The summed E-state index contributed by atoms with van der Waals surface area (Å²) < 4.78 is 0. The zero-order valence-electron chi connectivity index (χ0n) is 4.60. The maximum absolute atomic E-state index is 5.30. The van der Waals surface area contributed by atoms with Gasteiger partial charge in [-0.25, -0.2) is 0 Å². The molecule has 4 radical (unpaired) electrons. The van der Waals surface area contributed by atoms with E-state index in [1.165, 1.54) is 0 Å². The van der Waals surface area contributed by atoms with E-state index in [1.54, 1.807) is 6.92 Å². The number of hydrogen-bond acceptors (Lipinski definition) is 1. The number of nitrogens with zero attached hydrogens (tertiary/aromatic N) is 1. The van der Waals surface area contributed by atoms with Crippen LogP contribution in [-0.2, 0) is 0 Å². The third kappa shape index (κ3) is 0.782. The van der Waals surface area contributed by atoms with Gasteiger partial charge in [0, 0.05) is 0 Å². The SMILES string of the molecule is [B]c1nc(C)[nH]c1[B]. The lowest BCUT2D eigenvalue weighted by Crippen LogP contribution is -2.24. The Kier molecular flexibility index (Phi) is 1.16. The van der Waals surface area contributed by atoms with Crippen LogP contribution in [0.1, 0.15) is 5.82 Å². The van der Waals surface area contributed by atoms with E-state index < -0.39 is 0 Å². The summed E-state index contributed by atoms with van der Waals surface area (Å²) in [5, 5.41) is 0. The van der Waals surface area contributed by atoms with Crippen molar-refractivity contribution in [3.8, 4) is 0 Å². The summed E-state index contributed by atoms with van der Waals surface area (Å²) in [7, 11) is 10.6. The molecule has 0 aliphatic heterocycles. The number of H-pyrrole nitrogens is 1. The van der Waals surface area contributed by atoms with Gasteiger partial charge in [0.25, 0.3) is 0 Å². The van der Waals surface area contributed by atoms with Crippen LogP contribution in [0.5, 0.6) is 0 Å². The summed E-state index contributed by atoms with van der Waals surface area (Å²) in [6.45, 7) is 1.80. The van der Waals surface area contributed by atoms with E-state index in [0.717, 1.165) is 5.82 Å². The van der Waals surface area contributed by atoms with E-state index in [4.69, 9.17) is 15.7 Å². The number of rotatable bonds is 0. The summed E-state index contributed by atoms with van der Waals surface area (Å²) in [4.78, 5) is 6.56. The molecule has 0 amide bonds. The number of hydrogen-bond donors (Lipinski definition) is 1. The minimum atomic E-state index is 0.377. The van der Waals surface area contributed by atoms with E-state index in [9.17, 15) is 0 Å². The first kappa shape index (κ1) is 5.48. The van der Waals surface area contributed by atoms with Crippen molar-refractivity contribution in [2.75, 3.05) is 0 Å². The van der Waals surface area contributed by atoms with Gasteiger partial charge in [-0.2, -0.15) is 0 Å². The second-order valence-electron chi connectivity index (χ2n) is 1.62. The van der Waals surface area contributed by atoms with E-state index in [1.807, 2.05) is 0 Å². The van der Waals surface area contributed by atoms with Gasteiger partial charge in [0.2, 0.25) is 0 Å². The van der Waals surface area contributed by atoms with Crippen molar-refractivity contribution in [3.05, 3.63) is 5.82 Å². The molecule has 8 heavy (non-hydrogen) atoms. The van der Waals surface area contributed by atoms with Crippen molar-refractivity contribution in [3.63, 3.8) is 0 Å². The van der Waals surface area contributed by atoms with E-state index in [2.05, 4.69) is 9.97 Å². The molecule has 0 unspecified atom stereocenters. The van der Waals surface area contributed by atoms with Gasteiger partial charge >= 0.3 is 0 Å².